The SMILES string of the molecule is CC(C)Oc1cccc2c3c(oc12)CN(CCCCOc1ccc2ccc(=O)[nH]c2c1)CC3. The van der Waals surface area contributed by atoms with E-state index in [1.807, 2.05) is 44.2 Å². The lowest BCUT2D eigenvalue weighted by atomic mass is 10.0. The van der Waals surface area contributed by atoms with Crippen LogP contribution in [-0.2, 0) is 13.0 Å². The molecule has 5 rings (SSSR count). The van der Waals surface area contributed by atoms with Crippen LogP contribution in [0.2, 0.25) is 0 Å². The first-order chi connectivity index (χ1) is 16.1. The third-order valence-corrected chi connectivity index (χ3v) is 6.11. The molecule has 0 atom stereocenters. The van der Waals surface area contributed by atoms with Gasteiger partial charge in [0.1, 0.15) is 11.5 Å². The predicted molar refractivity (Wildman–Crippen MR) is 130 cm³/mol. The molecule has 0 saturated heterocycles. The van der Waals surface area contributed by atoms with Crippen LogP contribution in [0, 0.1) is 0 Å². The van der Waals surface area contributed by atoms with E-state index >= 15 is 0 Å². The molecule has 1 N–H and O–H groups in total. The molecular weight excluding hydrogens is 416 g/mol. The van der Waals surface area contributed by atoms with Crippen molar-refractivity contribution in [3.05, 3.63) is 70.2 Å². The van der Waals surface area contributed by atoms with Crippen LogP contribution in [0.1, 0.15) is 38.0 Å². The van der Waals surface area contributed by atoms with Crippen molar-refractivity contribution in [1.29, 1.82) is 0 Å². The fourth-order valence-electron chi connectivity index (χ4n) is 4.53. The van der Waals surface area contributed by atoms with Gasteiger partial charge in [-0.05, 0) is 69.3 Å². The molecule has 0 spiro atoms. The van der Waals surface area contributed by atoms with Crippen LogP contribution in [0.5, 0.6) is 11.5 Å². The summed E-state index contributed by atoms with van der Waals surface area (Å²) in [6.07, 6.45) is 3.15. The monoisotopic (exact) mass is 446 g/mol. The van der Waals surface area contributed by atoms with Gasteiger partial charge < -0.3 is 18.9 Å². The van der Waals surface area contributed by atoms with E-state index in [1.54, 1.807) is 0 Å². The van der Waals surface area contributed by atoms with Crippen molar-refractivity contribution in [2.24, 2.45) is 0 Å². The Kier molecular flexibility index (Phi) is 6.09. The Morgan fingerprint density at radius 1 is 1.12 bits per heavy atom. The minimum atomic E-state index is -0.0996. The van der Waals surface area contributed by atoms with E-state index in [2.05, 4.69) is 22.0 Å². The number of pyridine rings is 1. The highest BCUT2D eigenvalue weighted by atomic mass is 16.5. The van der Waals surface area contributed by atoms with Gasteiger partial charge in [-0.25, -0.2) is 0 Å². The van der Waals surface area contributed by atoms with Crippen molar-refractivity contribution in [3.63, 3.8) is 0 Å². The summed E-state index contributed by atoms with van der Waals surface area (Å²) in [5.74, 6) is 2.68. The highest BCUT2D eigenvalue weighted by molar-refractivity contribution is 5.87. The number of para-hydroxylation sites is 1. The van der Waals surface area contributed by atoms with Crippen molar-refractivity contribution in [3.8, 4) is 11.5 Å². The second-order valence-corrected chi connectivity index (χ2v) is 8.96. The molecule has 0 bridgehead atoms. The number of benzene rings is 2. The topological polar surface area (TPSA) is 67.7 Å². The number of furan rings is 1. The second kappa shape index (κ2) is 9.32. The van der Waals surface area contributed by atoms with Gasteiger partial charge in [-0.3, -0.25) is 9.69 Å². The summed E-state index contributed by atoms with van der Waals surface area (Å²) in [6, 6.07) is 15.3. The standard InChI is InChI=1S/C27H30N2O4/c1-18(2)32-24-7-5-6-22-21-12-14-29(17-25(21)33-27(22)24)13-3-4-15-31-20-10-8-19-9-11-26(30)28-23(19)16-20/h5-11,16,18H,3-4,12-15,17H2,1-2H3,(H,28,30). The van der Waals surface area contributed by atoms with Gasteiger partial charge in [0.05, 0.1) is 24.8 Å². The lowest BCUT2D eigenvalue weighted by Crippen LogP contribution is -2.30. The molecule has 0 saturated carbocycles. The second-order valence-electron chi connectivity index (χ2n) is 8.96. The molecule has 0 aliphatic carbocycles. The average Bonchev–Trinajstić information content (AvgIpc) is 3.17. The zero-order valence-electron chi connectivity index (χ0n) is 19.2. The molecule has 2 aromatic carbocycles. The minimum Gasteiger partial charge on any atom is -0.494 e. The highest BCUT2D eigenvalue weighted by Gasteiger charge is 2.24. The number of rotatable bonds is 8. The Hall–Kier alpha value is -3.25. The first kappa shape index (κ1) is 21.6. The van der Waals surface area contributed by atoms with Crippen molar-refractivity contribution in [2.75, 3.05) is 19.7 Å². The van der Waals surface area contributed by atoms with Gasteiger partial charge in [0.25, 0.3) is 0 Å². The number of hydrogen-bond donors (Lipinski definition) is 1. The molecule has 1 aliphatic rings. The third kappa shape index (κ3) is 4.76. The molecule has 0 radical (unpaired) electrons. The van der Waals surface area contributed by atoms with Crippen LogP contribution in [-0.4, -0.2) is 35.7 Å². The average molecular weight is 447 g/mol. The maximum atomic E-state index is 11.5. The molecule has 172 valence electrons. The van der Waals surface area contributed by atoms with Gasteiger partial charge in [0.15, 0.2) is 11.3 Å². The zero-order valence-corrected chi connectivity index (χ0v) is 19.2. The maximum Gasteiger partial charge on any atom is 0.248 e. The molecule has 2 aromatic heterocycles. The van der Waals surface area contributed by atoms with Crippen LogP contribution in [0.15, 0.2) is 57.7 Å². The van der Waals surface area contributed by atoms with Crippen LogP contribution >= 0.6 is 0 Å². The highest BCUT2D eigenvalue weighted by Crippen LogP contribution is 2.36. The van der Waals surface area contributed by atoms with E-state index < -0.39 is 0 Å². The van der Waals surface area contributed by atoms with E-state index in [1.165, 1.54) is 17.0 Å². The summed E-state index contributed by atoms with van der Waals surface area (Å²) >= 11 is 0. The third-order valence-electron chi connectivity index (χ3n) is 6.11. The molecular formula is C27H30N2O4. The zero-order chi connectivity index (χ0) is 22.8. The summed E-state index contributed by atoms with van der Waals surface area (Å²) in [5, 5.41) is 2.19. The van der Waals surface area contributed by atoms with Crippen molar-refractivity contribution < 1.29 is 13.9 Å². The molecule has 0 fully saturated rings. The molecule has 6 heteroatoms. The van der Waals surface area contributed by atoms with E-state index in [-0.39, 0.29) is 11.7 Å². The van der Waals surface area contributed by atoms with Gasteiger partial charge in [-0.2, -0.15) is 0 Å². The van der Waals surface area contributed by atoms with E-state index in [9.17, 15) is 4.79 Å². The van der Waals surface area contributed by atoms with Crippen LogP contribution in [0.3, 0.4) is 0 Å². The first-order valence-electron chi connectivity index (χ1n) is 11.7. The predicted octanol–water partition coefficient (Wildman–Crippen LogP) is 5.28. The molecule has 0 unspecified atom stereocenters. The van der Waals surface area contributed by atoms with Crippen LogP contribution in [0.4, 0.5) is 0 Å². The lowest BCUT2D eigenvalue weighted by Gasteiger charge is -2.25. The van der Waals surface area contributed by atoms with Gasteiger partial charge in [0, 0.05) is 29.6 Å². The number of ether oxygens (including phenoxy) is 2. The minimum absolute atomic E-state index is 0.0996. The Balaban J connectivity index is 1.14. The Morgan fingerprint density at radius 2 is 2.00 bits per heavy atom. The summed E-state index contributed by atoms with van der Waals surface area (Å²) in [4.78, 5) is 16.8. The molecule has 1 aliphatic heterocycles. The fourth-order valence-corrected chi connectivity index (χ4v) is 4.53. The van der Waals surface area contributed by atoms with Gasteiger partial charge in [-0.1, -0.05) is 12.1 Å². The van der Waals surface area contributed by atoms with Crippen molar-refractivity contribution in [2.45, 2.75) is 45.8 Å². The number of aromatic nitrogens is 1. The number of nitrogens with one attached hydrogen (secondary N) is 1. The van der Waals surface area contributed by atoms with Crippen molar-refractivity contribution in [1.82, 2.24) is 9.88 Å². The Morgan fingerprint density at radius 3 is 2.88 bits per heavy atom. The number of hydrogen-bond acceptors (Lipinski definition) is 5. The number of fused-ring (bicyclic) bond motifs is 4. The number of nitrogens with zero attached hydrogens (tertiary/aromatic N) is 1. The molecule has 4 aromatic rings. The summed E-state index contributed by atoms with van der Waals surface area (Å²) in [5.41, 5.74) is 2.91. The van der Waals surface area contributed by atoms with Gasteiger partial charge >= 0.3 is 0 Å². The van der Waals surface area contributed by atoms with E-state index in [0.29, 0.717) is 6.61 Å². The quantitative estimate of drug-likeness (QED) is 0.373. The van der Waals surface area contributed by atoms with Crippen molar-refractivity contribution >= 4 is 21.9 Å². The van der Waals surface area contributed by atoms with E-state index in [4.69, 9.17) is 13.9 Å². The Labute approximate surface area is 193 Å². The summed E-state index contributed by atoms with van der Waals surface area (Å²) < 4.78 is 18.1. The number of H-pyrrole nitrogens is 1. The maximum absolute atomic E-state index is 11.5. The summed E-state index contributed by atoms with van der Waals surface area (Å²) in [6.45, 7) is 7.62. The molecule has 3 heterocycles. The molecule has 6 nitrogen and oxygen atoms in total. The molecule has 0 amide bonds. The van der Waals surface area contributed by atoms with Crippen LogP contribution < -0.4 is 15.0 Å². The first-order valence-corrected chi connectivity index (χ1v) is 11.7. The van der Waals surface area contributed by atoms with Crippen LogP contribution in [0.25, 0.3) is 21.9 Å². The lowest BCUT2D eigenvalue weighted by molar-refractivity contribution is 0.216. The number of aromatic amines is 1. The molecule has 33 heavy (non-hydrogen) atoms. The number of unbranched alkanes of at least 4 members (excludes halogenated alkanes) is 1. The fraction of sp³-hybridized carbons (Fsp3) is 0.370. The van der Waals surface area contributed by atoms with Gasteiger partial charge in [-0.15, -0.1) is 0 Å². The summed E-state index contributed by atoms with van der Waals surface area (Å²) in [7, 11) is 0. The normalized spacial score (nSPS) is 14.2. The van der Waals surface area contributed by atoms with E-state index in [0.717, 1.165) is 72.6 Å². The van der Waals surface area contributed by atoms with Gasteiger partial charge in [0.2, 0.25) is 5.56 Å². The largest absolute Gasteiger partial charge is 0.494 e. The smallest absolute Gasteiger partial charge is 0.248 e. The Bertz CT molecular complexity index is 1320.